The lowest BCUT2D eigenvalue weighted by Crippen LogP contribution is -2.21. The summed E-state index contributed by atoms with van der Waals surface area (Å²) in [5.74, 6) is -0.124. The van der Waals surface area contributed by atoms with E-state index in [1.165, 1.54) is 0 Å². The molecule has 0 saturated carbocycles. The molecule has 0 aliphatic rings. The van der Waals surface area contributed by atoms with E-state index >= 15 is 0 Å². The number of rotatable bonds is 3. The number of hydrogen-bond acceptors (Lipinski definition) is 2. The van der Waals surface area contributed by atoms with Crippen LogP contribution in [0.3, 0.4) is 0 Å². The van der Waals surface area contributed by atoms with Crippen LogP contribution in [0.4, 0.5) is 0 Å². The summed E-state index contributed by atoms with van der Waals surface area (Å²) in [6, 6.07) is 13.2. The number of nitrogens with zero attached hydrogens (tertiary/aromatic N) is 1. The fourth-order valence-corrected chi connectivity index (χ4v) is 2.32. The predicted molar refractivity (Wildman–Crippen MR) is 88.0 cm³/mol. The van der Waals surface area contributed by atoms with Gasteiger partial charge in [-0.25, -0.2) is 0 Å². The Labute approximate surface area is 130 Å². The van der Waals surface area contributed by atoms with Gasteiger partial charge in [0, 0.05) is 32.3 Å². The Morgan fingerprint density at radius 1 is 1.00 bits per heavy atom. The third-order valence-electron chi connectivity index (χ3n) is 3.55. The molecule has 0 unspecified atom stereocenters. The third kappa shape index (κ3) is 3.17. The second-order valence-electron chi connectivity index (χ2n) is 5.39. The summed E-state index contributed by atoms with van der Waals surface area (Å²) in [6.07, 6.45) is 0. The van der Waals surface area contributed by atoms with Crippen LogP contribution in [0.2, 0.25) is 0 Å². The summed E-state index contributed by atoms with van der Waals surface area (Å²) in [5.41, 5.74) is 4.15. The zero-order valence-electron chi connectivity index (χ0n) is 13.3. The lowest BCUT2D eigenvalue weighted by atomic mass is 9.98. The summed E-state index contributed by atoms with van der Waals surface area (Å²) in [7, 11) is 5.08. The van der Waals surface area contributed by atoms with Gasteiger partial charge in [0.1, 0.15) is 0 Å². The molecule has 1 N–H and O–H groups in total. The first-order chi connectivity index (χ1) is 10.4. The molecular formula is C18H20N2O2. The van der Waals surface area contributed by atoms with Gasteiger partial charge in [0.05, 0.1) is 0 Å². The van der Waals surface area contributed by atoms with Gasteiger partial charge in [-0.2, -0.15) is 0 Å². The molecule has 0 radical (unpaired) electrons. The van der Waals surface area contributed by atoms with Crippen molar-refractivity contribution in [2.75, 3.05) is 21.1 Å². The van der Waals surface area contributed by atoms with Gasteiger partial charge in [0.15, 0.2) is 0 Å². The van der Waals surface area contributed by atoms with Crippen LogP contribution in [-0.2, 0) is 0 Å². The molecule has 0 aliphatic heterocycles. The maximum atomic E-state index is 12.1. The Hall–Kier alpha value is -2.62. The second-order valence-corrected chi connectivity index (χ2v) is 5.39. The van der Waals surface area contributed by atoms with Gasteiger partial charge >= 0.3 is 0 Å². The van der Waals surface area contributed by atoms with Crippen LogP contribution in [0.25, 0.3) is 11.1 Å². The molecule has 4 nitrogen and oxygen atoms in total. The third-order valence-corrected chi connectivity index (χ3v) is 3.55. The largest absolute Gasteiger partial charge is 0.355 e. The number of carbonyl (C=O) groups excluding carboxylic acids is 2. The van der Waals surface area contributed by atoms with Gasteiger partial charge in [-0.05, 0) is 41.8 Å². The molecule has 0 bridgehead atoms. The van der Waals surface area contributed by atoms with E-state index in [2.05, 4.69) is 5.32 Å². The highest BCUT2D eigenvalue weighted by Crippen LogP contribution is 2.23. The number of nitrogens with one attached hydrogen (secondary N) is 1. The van der Waals surface area contributed by atoms with Gasteiger partial charge in [-0.1, -0.05) is 24.3 Å². The molecule has 22 heavy (non-hydrogen) atoms. The van der Waals surface area contributed by atoms with Crippen molar-refractivity contribution in [3.05, 3.63) is 59.2 Å². The molecule has 4 heteroatoms. The first-order valence-electron chi connectivity index (χ1n) is 7.09. The number of aryl methyl sites for hydroxylation is 1. The molecule has 2 amide bonds. The molecule has 2 rings (SSSR count). The number of amides is 2. The molecule has 2 aromatic carbocycles. The molecule has 0 spiro atoms. The van der Waals surface area contributed by atoms with Gasteiger partial charge in [-0.3, -0.25) is 9.59 Å². The molecule has 114 valence electrons. The lowest BCUT2D eigenvalue weighted by Gasteiger charge is -2.12. The molecule has 0 fully saturated rings. The Bertz CT molecular complexity index is 721. The van der Waals surface area contributed by atoms with Crippen molar-refractivity contribution >= 4 is 11.8 Å². The van der Waals surface area contributed by atoms with Crippen molar-refractivity contribution in [3.63, 3.8) is 0 Å². The highest BCUT2D eigenvalue weighted by Gasteiger charge is 2.11. The molecule has 0 saturated heterocycles. The topological polar surface area (TPSA) is 49.4 Å². The average Bonchev–Trinajstić information content (AvgIpc) is 2.53. The van der Waals surface area contributed by atoms with E-state index in [9.17, 15) is 9.59 Å². The van der Waals surface area contributed by atoms with E-state index in [-0.39, 0.29) is 11.8 Å². The van der Waals surface area contributed by atoms with E-state index in [4.69, 9.17) is 0 Å². The summed E-state index contributed by atoms with van der Waals surface area (Å²) in [5, 5.41) is 2.63. The van der Waals surface area contributed by atoms with Crippen molar-refractivity contribution in [2.24, 2.45) is 0 Å². The predicted octanol–water partition coefficient (Wildman–Crippen LogP) is 2.72. The van der Waals surface area contributed by atoms with E-state index in [0.29, 0.717) is 11.1 Å². The Morgan fingerprint density at radius 3 is 2.27 bits per heavy atom. The fraction of sp³-hybridized carbons (Fsp3) is 0.222. The minimum absolute atomic E-state index is 0.0273. The van der Waals surface area contributed by atoms with Crippen molar-refractivity contribution in [1.29, 1.82) is 0 Å². The van der Waals surface area contributed by atoms with Crippen LogP contribution in [-0.4, -0.2) is 37.9 Å². The first-order valence-corrected chi connectivity index (χ1v) is 7.09. The Balaban J connectivity index is 2.41. The van der Waals surface area contributed by atoms with Gasteiger partial charge < -0.3 is 10.2 Å². The van der Waals surface area contributed by atoms with Crippen molar-refractivity contribution in [3.8, 4) is 11.1 Å². The Morgan fingerprint density at radius 2 is 1.68 bits per heavy atom. The molecular weight excluding hydrogens is 276 g/mol. The summed E-state index contributed by atoms with van der Waals surface area (Å²) < 4.78 is 0. The van der Waals surface area contributed by atoms with Gasteiger partial charge in [0.25, 0.3) is 11.8 Å². The van der Waals surface area contributed by atoms with Crippen LogP contribution in [0, 0.1) is 6.92 Å². The van der Waals surface area contributed by atoms with Crippen LogP contribution in [0.15, 0.2) is 42.5 Å². The minimum atomic E-state index is -0.0967. The normalized spacial score (nSPS) is 10.2. The monoisotopic (exact) mass is 296 g/mol. The lowest BCUT2D eigenvalue weighted by molar-refractivity contribution is 0.0827. The standard InChI is InChI=1S/C18H20N2O2/c1-12-10-14(8-9-16(12)17(21)19-2)13-6-5-7-15(11-13)18(22)20(3)4/h5-11H,1-4H3,(H,19,21). The van der Waals surface area contributed by atoms with Crippen molar-refractivity contribution in [2.45, 2.75) is 6.92 Å². The van der Waals surface area contributed by atoms with Crippen molar-refractivity contribution in [1.82, 2.24) is 10.2 Å². The van der Waals surface area contributed by atoms with Crippen molar-refractivity contribution < 1.29 is 9.59 Å². The van der Waals surface area contributed by atoms with Gasteiger partial charge in [0.2, 0.25) is 0 Å². The van der Waals surface area contributed by atoms with E-state index in [1.54, 1.807) is 32.1 Å². The average molecular weight is 296 g/mol. The van der Waals surface area contributed by atoms with E-state index < -0.39 is 0 Å². The summed E-state index contributed by atoms with van der Waals surface area (Å²) in [6.45, 7) is 1.91. The summed E-state index contributed by atoms with van der Waals surface area (Å²) >= 11 is 0. The minimum Gasteiger partial charge on any atom is -0.355 e. The maximum Gasteiger partial charge on any atom is 0.253 e. The van der Waals surface area contributed by atoms with Crippen LogP contribution in [0.1, 0.15) is 26.3 Å². The molecule has 0 aliphatic carbocycles. The number of hydrogen-bond donors (Lipinski definition) is 1. The SMILES string of the molecule is CNC(=O)c1ccc(-c2cccc(C(=O)N(C)C)c2)cc1C. The molecule has 0 aromatic heterocycles. The maximum absolute atomic E-state index is 12.1. The smallest absolute Gasteiger partial charge is 0.253 e. The van der Waals surface area contributed by atoms with Gasteiger partial charge in [-0.15, -0.1) is 0 Å². The van der Waals surface area contributed by atoms with Crippen LogP contribution < -0.4 is 5.32 Å². The zero-order chi connectivity index (χ0) is 16.3. The Kier molecular flexibility index (Phi) is 4.61. The molecule has 0 heterocycles. The number of carbonyl (C=O) groups is 2. The van der Waals surface area contributed by atoms with E-state index in [1.807, 2.05) is 43.3 Å². The van der Waals surface area contributed by atoms with Crippen LogP contribution >= 0.6 is 0 Å². The second kappa shape index (κ2) is 6.43. The highest BCUT2D eigenvalue weighted by atomic mass is 16.2. The highest BCUT2D eigenvalue weighted by molar-refractivity contribution is 5.97. The quantitative estimate of drug-likeness (QED) is 0.946. The number of benzene rings is 2. The fourth-order valence-electron chi connectivity index (χ4n) is 2.32. The first kappa shape index (κ1) is 15.8. The summed E-state index contributed by atoms with van der Waals surface area (Å²) in [4.78, 5) is 25.3. The molecule has 0 atom stereocenters. The van der Waals surface area contributed by atoms with Crippen LogP contribution in [0.5, 0.6) is 0 Å². The van der Waals surface area contributed by atoms with E-state index in [0.717, 1.165) is 16.7 Å². The zero-order valence-corrected chi connectivity index (χ0v) is 13.3. The molecule has 2 aromatic rings.